The first-order chi connectivity index (χ1) is 10.5. The maximum Gasteiger partial charge on any atom is 0.243 e. The van der Waals surface area contributed by atoms with Crippen molar-refractivity contribution in [2.24, 2.45) is 11.7 Å². The Morgan fingerprint density at radius 2 is 2.13 bits per heavy atom. The lowest BCUT2D eigenvalue weighted by molar-refractivity contribution is 0.296. The minimum Gasteiger partial charge on any atom is -0.345 e. The van der Waals surface area contributed by atoms with Gasteiger partial charge in [0.2, 0.25) is 10.0 Å². The maximum atomic E-state index is 12.7. The number of hydrogen-bond acceptors (Lipinski definition) is 4. The fourth-order valence-corrected chi connectivity index (χ4v) is 4.94. The lowest BCUT2D eigenvalue weighted by Crippen LogP contribution is -2.44. The van der Waals surface area contributed by atoms with Crippen LogP contribution >= 0.6 is 24.0 Å². The number of hydrogen-bond donors (Lipinski definition) is 3. The molecular weight excluding hydrogens is 359 g/mol. The number of nitrogens with two attached hydrogens (primary N) is 1. The van der Waals surface area contributed by atoms with E-state index in [0.717, 1.165) is 25.7 Å². The molecule has 2 heterocycles. The van der Waals surface area contributed by atoms with Crippen molar-refractivity contribution in [3.8, 4) is 0 Å². The van der Waals surface area contributed by atoms with Gasteiger partial charge in [-0.05, 0) is 31.4 Å². The van der Waals surface area contributed by atoms with Gasteiger partial charge in [-0.15, -0.1) is 12.4 Å². The summed E-state index contributed by atoms with van der Waals surface area (Å²) in [6, 6.07) is 1.46. The fourth-order valence-electron chi connectivity index (χ4n) is 3.11. The molecule has 0 amide bonds. The highest BCUT2D eigenvalue weighted by atomic mass is 35.5. The summed E-state index contributed by atoms with van der Waals surface area (Å²) in [6.07, 6.45) is 6.86. The monoisotopic (exact) mass is 378 g/mol. The van der Waals surface area contributed by atoms with E-state index in [1.165, 1.54) is 12.4 Å². The van der Waals surface area contributed by atoms with Crippen molar-refractivity contribution in [3.63, 3.8) is 0 Å². The summed E-state index contributed by atoms with van der Waals surface area (Å²) in [6.45, 7) is 0.489. The van der Waals surface area contributed by atoms with Crippen LogP contribution in [0, 0.1) is 5.92 Å². The molecule has 0 saturated heterocycles. The van der Waals surface area contributed by atoms with Crippen LogP contribution in [0.3, 0.4) is 0 Å². The second-order valence-electron chi connectivity index (χ2n) is 5.68. The normalized spacial score (nSPS) is 22.0. The van der Waals surface area contributed by atoms with Crippen LogP contribution in [0.1, 0.15) is 25.7 Å². The minimum atomic E-state index is -3.67. The molecule has 2 unspecified atom stereocenters. The molecule has 2 aromatic heterocycles. The van der Waals surface area contributed by atoms with Crippen LogP contribution in [0.4, 0.5) is 0 Å². The van der Waals surface area contributed by atoms with Crippen LogP contribution < -0.4 is 10.5 Å². The van der Waals surface area contributed by atoms with Crippen molar-refractivity contribution in [1.29, 1.82) is 0 Å². The third kappa shape index (κ3) is 3.64. The van der Waals surface area contributed by atoms with E-state index in [4.69, 9.17) is 17.3 Å². The summed E-state index contributed by atoms with van der Waals surface area (Å²) >= 11 is 6.14. The van der Waals surface area contributed by atoms with E-state index in [2.05, 4.69) is 14.7 Å². The number of H-pyrrole nitrogens is 1. The van der Waals surface area contributed by atoms with Gasteiger partial charge in [0.15, 0.2) is 0 Å². The van der Waals surface area contributed by atoms with Crippen molar-refractivity contribution in [3.05, 3.63) is 23.5 Å². The predicted molar refractivity (Wildman–Crippen MR) is 93.5 cm³/mol. The van der Waals surface area contributed by atoms with Gasteiger partial charge >= 0.3 is 0 Å². The van der Waals surface area contributed by atoms with E-state index in [1.807, 2.05) is 0 Å². The molecule has 0 spiro atoms. The van der Waals surface area contributed by atoms with Gasteiger partial charge in [0.25, 0.3) is 0 Å². The summed E-state index contributed by atoms with van der Waals surface area (Å²) in [5, 5.41) is 0.794. The van der Waals surface area contributed by atoms with Crippen molar-refractivity contribution < 1.29 is 8.42 Å². The number of pyridine rings is 1. The summed E-state index contributed by atoms with van der Waals surface area (Å²) in [5.74, 6) is 0.183. The van der Waals surface area contributed by atoms with Gasteiger partial charge in [-0.1, -0.05) is 24.4 Å². The molecule has 4 N–H and O–H groups in total. The Morgan fingerprint density at radius 3 is 2.87 bits per heavy atom. The van der Waals surface area contributed by atoms with Gasteiger partial charge in [0.05, 0.1) is 10.4 Å². The summed E-state index contributed by atoms with van der Waals surface area (Å²) in [7, 11) is -3.67. The smallest absolute Gasteiger partial charge is 0.243 e. The van der Waals surface area contributed by atoms with E-state index in [0.29, 0.717) is 22.6 Å². The minimum absolute atomic E-state index is 0. The van der Waals surface area contributed by atoms with Crippen molar-refractivity contribution in [1.82, 2.24) is 14.7 Å². The molecule has 6 nitrogen and oxygen atoms in total. The highest BCUT2D eigenvalue weighted by Crippen LogP contribution is 2.30. The molecule has 0 aliphatic heterocycles. The lowest BCUT2D eigenvalue weighted by Gasteiger charge is -2.30. The molecule has 0 radical (unpaired) electrons. The van der Waals surface area contributed by atoms with Crippen LogP contribution in [-0.2, 0) is 10.0 Å². The Balaban J connectivity index is 0.00000192. The highest BCUT2D eigenvalue weighted by Gasteiger charge is 2.30. The Labute approximate surface area is 146 Å². The molecular formula is C14H20Cl2N4O2S. The van der Waals surface area contributed by atoms with Crippen LogP contribution in [0.25, 0.3) is 11.0 Å². The molecule has 9 heteroatoms. The van der Waals surface area contributed by atoms with E-state index in [9.17, 15) is 8.42 Å². The molecule has 1 aliphatic rings. The third-order valence-corrected chi connectivity index (χ3v) is 6.12. The largest absolute Gasteiger partial charge is 0.345 e. The summed E-state index contributed by atoms with van der Waals surface area (Å²) < 4.78 is 28.3. The molecule has 1 saturated carbocycles. The lowest BCUT2D eigenvalue weighted by atomic mass is 9.85. The van der Waals surface area contributed by atoms with Crippen LogP contribution in [0.2, 0.25) is 5.02 Å². The zero-order valence-electron chi connectivity index (χ0n) is 12.5. The van der Waals surface area contributed by atoms with E-state index < -0.39 is 10.0 Å². The number of nitrogens with one attached hydrogen (secondary N) is 2. The van der Waals surface area contributed by atoms with Crippen LogP contribution in [0.15, 0.2) is 23.4 Å². The molecule has 3 rings (SSSR count). The topological polar surface area (TPSA) is 101 Å². The number of nitrogens with zero attached hydrogens (tertiary/aromatic N) is 1. The molecule has 128 valence electrons. The van der Waals surface area contributed by atoms with Gasteiger partial charge in [0, 0.05) is 18.4 Å². The van der Waals surface area contributed by atoms with Gasteiger partial charge in [-0.2, -0.15) is 0 Å². The first-order valence-corrected chi connectivity index (χ1v) is 9.23. The molecule has 23 heavy (non-hydrogen) atoms. The SMILES string of the molecule is Cl.NCC1CCCCC1NS(=O)(=O)c1c[nH]c2nccc(Cl)c12. The summed E-state index contributed by atoms with van der Waals surface area (Å²) in [5.41, 5.74) is 6.24. The molecule has 2 atom stereocenters. The van der Waals surface area contributed by atoms with Crippen LogP contribution in [-0.4, -0.2) is 31.0 Å². The highest BCUT2D eigenvalue weighted by molar-refractivity contribution is 7.89. The quantitative estimate of drug-likeness (QED) is 0.760. The van der Waals surface area contributed by atoms with Crippen LogP contribution in [0.5, 0.6) is 0 Å². The number of halogens is 2. The molecule has 1 fully saturated rings. The second-order valence-corrected chi connectivity index (χ2v) is 7.77. The van der Waals surface area contributed by atoms with Crippen molar-refractivity contribution in [2.75, 3.05) is 6.54 Å². The number of sulfonamides is 1. The van der Waals surface area contributed by atoms with E-state index >= 15 is 0 Å². The number of rotatable bonds is 4. The van der Waals surface area contributed by atoms with E-state index in [1.54, 1.807) is 6.07 Å². The average Bonchev–Trinajstić information content (AvgIpc) is 2.94. The third-order valence-electron chi connectivity index (χ3n) is 4.29. The molecule has 2 aromatic rings. The Morgan fingerprint density at radius 1 is 1.39 bits per heavy atom. The second kappa shape index (κ2) is 7.36. The van der Waals surface area contributed by atoms with Crippen molar-refractivity contribution >= 4 is 45.1 Å². The molecule has 0 bridgehead atoms. The molecule has 0 aromatic carbocycles. The van der Waals surface area contributed by atoms with E-state index in [-0.39, 0.29) is 29.3 Å². The summed E-state index contributed by atoms with van der Waals surface area (Å²) in [4.78, 5) is 7.10. The zero-order chi connectivity index (χ0) is 15.7. The first-order valence-electron chi connectivity index (χ1n) is 7.37. The zero-order valence-corrected chi connectivity index (χ0v) is 14.8. The fraction of sp³-hybridized carbons (Fsp3) is 0.500. The van der Waals surface area contributed by atoms with Crippen molar-refractivity contribution in [2.45, 2.75) is 36.6 Å². The standard InChI is InChI=1S/C14H19ClN4O2S.ClH/c15-10-5-6-17-14-13(10)12(8-18-14)22(20,21)19-11-4-2-1-3-9(11)7-16;/h5-6,8-9,11,19H,1-4,7,16H2,(H,17,18);1H. The number of aromatic amines is 1. The van der Waals surface area contributed by atoms with Gasteiger partial charge in [0.1, 0.15) is 10.5 Å². The Bertz CT molecular complexity index is 778. The van der Waals surface area contributed by atoms with Gasteiger partial charge in [-0.25, -0.2) is 18.1 Å². The Kier molecular flexibility index (Phi) is 5.91. The first kappa shape index (κ1) is 18.5. The predicted octanol–water partition coefficient (Wildman–Crippen LogP) is 2.43. The van der Waals surface area contributed by atoms with Gasteiger partial charge < -0.3 is 10.7 Å². The molecule has 1 aliphatic carbocycles. The Hall–Kier alpha value is -0.860. The maximum absolute atomic E-state index is 12.7. The number of fused-ring (bicyclic) bond motifs is 1. The number of aromatic nitrogens is 2. The van der Waals surface area contributed by atoms with Gasteiger partial charge in [-0.3, -0.25) is 0 Å². The average molecular weight is 379 g/mol.